The normalized spacial score (nSPS) is 18.1. The zero-order valence-corrected chi connectivity index (χ0v) is 34.1. The van der Waals surface area contributed by atoms with Gasteiger partial charge in [-0.15, -0.1) is 0 Å². The molecule has 314 valence electrons. The van der Waals surface area contributed by atoms with Gasteiger partial charge in [-0.2, -0.15) is 0 Å². The van der Waals surface area contributed by atoms with Crippen LogP contribution in [0.5, 0.6) is 0 Å². The van der Waals surface area contributed by atoms with Crippen LogP contribution in [0.2, 0.25) is 0 Å². The van der Waals surface area contributed by atoms with Gasteiger partial charge in [0.25, 0.3) is 0 Å². The molecule has 55 heavy (non-hydrogen) atoms. The van der Waals surface area contributed by atoms with E-state index in [2.05, 4.69) is 26.0 Å². The third-order valence-electron chi connectivity index (χ3n) is 10.7. The van der Waals surface area contributed by atoms with Crippen LogP contribution in [0, 0.1) is 16.7 Å². The SMILES string of the molecule is CCCCC/C=C\CCOC(=O)CCCCC(=O)OCC(CO)(COC(=O)CCCCC(=O)OCC/C=C\CCCCC)COC(=O)C12CCCC(CC1)C2. The van der Waals surface area contributed by atoms with Crippen LogP contribution in [0.25, 0.3) is 0 Å². The highest BCUT2D eigenvalue weighted by Gasteiger charge is 2.49. The predicted octanol–water partition coefficient (Wildman–Crippen LogP) is 8.83. The lowest BCUT2D eigenvalue weighted by atomic mass is 9.76. The molecule has 2 saturated carbocycles. The van der Waals surface area contributed by atoms with E-state index in [1.807, 2.05) is 12.2 Å². The summed E-state index contributed by atoms with van der Waals surface area (Å²) in [6.07, 6.45) is 26.5. The van der Waals surface area contributed by atoms with Crippen molar-refractivity contribution in [2.45, 2.75) is 168 Å². The van der Waals surface area contributed by atoms with Crippen molar-refractivity contribution in [2.75, 3.05) is 39.6 Å². The number of rotatable bonds is 32. The third kappa shape index (κ3) is 21.0. The summed E-state index contributed by atoms with van der Waals surface area (Å²) in [6, 6.07) is 0. The standard InChI is InChI=1S/C44H72O11/c1-3-5-7-9-11-13-19-30-51-38(46)23-15-17-25-40(48)53-34-43(33-45,36-55-42(50)44-28-21-22-37(32-44)27-29-44)35-54-41(49)26-18-16-24-39(47)52-31-20-14-12-10-8-6-4-2/h11-14,37,45H,3-10,15-36H2,1-2H3/b13-11-,14-12-. The Hall–Kier alpha value is -3.21. The highest BCUT2D eigenvalue weighted by Crippen LogP contribution is 2.52. The number of hydrogen-bond acceptors (Lipinski definition) is 11. The van der Waals surface area contributed by atoms with E-state index in [0.29, 0.717) is 57.7 Å². The van der Waals surface area contributed by atoms with Gasteiger partial charge in [0.2, 0.25) is 0 Å². The van der Waals surface area contributed by atoms with Crippen LogP contribution in [0.4, 0.5) is 0 Å². The molecule has 0 aromatic heterocycles. The summed E-state index contributed by atoms with van der Waals surface area (Å²) < 4.78 is 27.4. The number of ether oxygens (including phenoxy) is 5. The lowest BCUT2D eigenvalue weighted by Gasteiger charge is -2.34. The molecule has 2 fully saturated rings. The molecule has 0 heterocycles. The second kappa shape index (κ2) is 29.1. The van der Waals surface area contributed by atoms with Crippen LogP contribution < -0.4 is 0 Å². The second-order valence-corrected chi connectivity index (χ2v) is 15.7. The van der Waals surface area contributed by atoms with Crippen LogP contribution >= 0.6 is 0 Å². The first kappa shape index (κ1) is 47.9. The van der Waals surface area contributed by atoms with Crippen molar-refractivity contribution >= 4 is 29.8 Å². The number of carbonyl (C=O) groups excluding carboxylic acids is 5. The summed E-state index contributed by atoms with van der Waals surface area (Å²) in [5, 5.41) is 10.5. The van der Waals surface area contributed by atoms with Crippen molar-refractivity contribution < 1.29 is 52.8 Å². The molecule has 2 unspecified atom stereocenters. The van der Waals surface area contributed by atoms with E-state index in [1.54, 1.807) is 0 Å². The summed E-state index contributed by atoms with van der Waals surface area (Å²) in [6.45, 7) is 3.56. The van der Waals surface area contributed by atoms with E-state index in [9.17, 15) is 29.1 Å². The van der Waals surface area contributed by atoms with E-state index in [4.69, 9.17) is 23.7 Å². The summed E-state index contributed by atoms with van der Waals surface area (Å²) in [5.74, 6) is -1.46. The van der Waals surface area contributed by atoms with Gasteiger partial charge >= 0.3 is 29.8 Å². The van der Waals surface area contributed by atoms with Gasteiger partial charge in [0.15, 0.2) is 0 Å². The van der Waals surface area contributed by atoms with Crippen LogP contribution in [0.1, 0.15) is 168 Å². The lowest BCUT2D eigenvalue weighted by molar-refractivity contribution is -0.172. The fourth-order valence-electron chi connectivity index (χ4n) is 7.17. The molecule has 2 bridgehead atoms. The number of allylic oxidation sites excluding steroid dienone is 2. The van der Waals surface area contributed by atoms with Crippen LogP contribution in [0.3, 0.4) is 0 Å². The molecule has 2 aliphatic rings. The van der Waals surface area contributed by atoms with Gasteiger partial charge in [-0.05, 0) is 95.8 Å². The summed E-state index contributed by atoms with van der Waals surface area (Å²) in [5.41, 5.74) is -1.86. The van der Waals surface area contributed by atoms with Gasteiger partial charge in [0, 0.05) is 25.7 Å². The molecule has 0 radical (unpaired) electrons. The Morgan fingerprint density at radius 2 is 1.04 bits per heavy atom. The minimum atomic E-state index is -1.34. The van der Waals surface area contributed by atoms with Crippen LogP contribution in [0.15, 0.2) is 24.3 Å². The third-order valence-corrected chi connectivity index (χ3v) is 10.7. The Kier molecular flexibility index (Phi) is 25.4. The van der Waals surface area contributed by atoms with Crippen molar-refractivity contribution in [3.05, 3.63) is 24.3 Å². The highest BCUT2D eigenvalue weighted by molar-refractivity contribution is 5.77. The number of unbranched alkanes of at least 4 members (excludes halogenated alkanes) is 8. The van der Waals surface area contributed by atoms with Crippen molar-refractivity contribution in [3.8, 4) is 0 Å². The van der Waals surface area contributed by atoms with Crippen molar-refractivity contribution in [3.63, 3.8) is 0 Å². The largest absolute Gasteiger partial charge is 0.465 e. The quantitative estimate of drug-likeness (QED) is 0.0302. The number of hydrogen-bond donors (Lipinski definition) is 1. The highest BCUT2D eigenvalue weighted by atomic mass is 16.6. The Morgan fingerprint density at radius 1 is 0.582 bits per heavy atom. The fraction of sp³-hybridized carbons (Fsp3) is 0.795. The van der Waals surface area contributed by atoms with Gasteiger partial charge in [-0.1, -0.05) is 76.7 Å². The minimum absolute atomic E-state index is 0.0531. The molecule has 2 aliphatic carbocycles. The van der Waals surface area contributed by atoms with Gasteiger partial charge in [0.1, 0.15) is 19.8 Å². The topological polar surface area (TPSA) is 152 Å². The Bertz CT molecular complexity index is 1110. The van der Waals surface area contributed by atoms with Gasteiger partial charge in [-0.3, -0.25) is 24.0 Å². The van der Waals surface area contributed by atoms with Crippen molar-refractivity contribution in [2.24, 2.45) is 16.7 Å². The molecule has 1 N–H and O–H groups in total. The van der Waals surface area contributed by atoms with Gasteiger partial charge < -0.3 is 28.8 Å². The minimum Gasteiger partial charge on any atom is -0.465 e. The van der Waals surface area contributed by atoms with Crippen molar-refractivity contribution in [1.82, 2.24) is 0 Å². The maximum absolute atomic E-state index is 13.4. The summed E-state index contributed by atoms with van der Waals surface area (Å²) in [7, 11) is 0. The molecule has 11 heteroatoms. The van der Waals surface area contributed by atoms with Gasteiger partial charge in [0.05, 0.1) is 30.7 Å². The maximum Gasteiger partial charge on any atom is 0.312 e. The molecule has 2 atom stereocenters. The first-order valence-electron chi connectivity index (χ1n) is 21.4. The zero-order chi connectivity index (χ0) is 40.0. The zero-order valence-electron chi connectivity index (χ0n) is 34.1. The molecule has 0 spiro atoms. The molecule has 0 aromatic carbocycles. The summed E-state index contributed by atoms with van der Waals surface area (Å²) in [4.78, 5) is 62.9. The lowest BCUT2D eigenvalue weighted by Crippen LogP contribution is -2.44. The first-order valence-corrected chi connectivity index (χ1v) is 21.4. The maximum atomic E-state index is 13.4. The average molecular weight is 777 g/mol. The van der Waals surface area contributed by atoms with E-state index in [-0.39, 0.29) is 63.4 Å². The number of fused-ring (bicyclic) bond motifs is 2. The monoisotopic (exact) mass is 777 g/mol. The average Bonchev–Trinajstić information content (AvgIpc) is 3.50. The number of aliphatic hydroxyl groups is 1. The Labute approximate surface area is 330 Å². The Balaban J connectivity index is 1.77. The number of esters is 5. The summed E-state index contributed by atoms with van der Waals surface area (Å²) >= 11 is 0. The van der Waals surface area contributed by atoms with Gasteiger partial charge in [-0.25, -0.2) is 0 Å². The smallest absolute Gasteiger partial charge is 0.312 e. The molecular weight excluding hydrogens is 704 g/mol. The predicted molar refractivity (Wildman–Crippen MR) is 211 cm³/mol. The van der Waals surface area contributed by atoms with E-state index >= 15 is 0 Å². The first-order chi connectivity index (χ1) is 26.7. The molecule has 2 rings (SSSR count). The van der Waals surface area contributed by atoms with E-state index < -0.39 is 29.4 Å². The molecule has 11 nitrogen and oxygen atoms in total. The Morgan fingerprint density at radius 3 is 1.51 bits per heavy atom. The molecule has 0 aliphatic heterocycles. The van der Waals surface area contributed by atoms with Crippen LogP contribution in [-0.4, -0.2) is 74.6 Å². The van der Waals surface area contributed by atoms with E-state index in [1.165, 1.54) is 25.7 Å². The molecule has 0 amide bonds. The van der Waals surface area contributed by atoms with Crippen LogP contribution in [-0.2, 0) is 47.7 Å². The number of aliphatic hydroxyl groups excluding tert-OH is 1. The molecule has 0 saturated heterocycles. The molecule has 0 aromatic rings. The number of carbonyl (C=O) groups is 5. The molecular formula is C44H72O11. The second-order valence-electron chi connectivity index (χ2n) is 15.7. The fourth-order valence-corrected chi connectivity index (χ4v) is 7.17. The van der Waals surface area contributed by atoms with E-state index in [0.717, 1.165) is 64.2 Å². The van der Waals surface area contributed by atoms with Crippen molar-refractivity contribution in [1.29, 1.82) is 0 Å².